The first-order valence-corrected chi connectivity index (χ1v) is 6.83. The molecule has 0 aliphatic heterocycles. The van der Waals surface area contributed by atoms with Crippen LogP contribution in [0.15, 0.2) is 18.3 Å². The van der Waals surface area contributed by atoms with Crippen LogP contribution in [0.5, 0.6) is 0 Å². The van der Waals surface area contributed by atoms with E-state index in [0.717, 1.165) is 0 Å². The highest BCUT2D eigenvalue weighted by molar-refractivity contribution is 5.26. The second-order valence-corrected chi connectivity index (χ2v) is 5.45. The summed E-state index contributed by atoms with van der Waals surface area (Å²) in [6.07, 6.45) is 7.03. The lowest BCUT2D eigenvalue weighted by atomic mass is 9.77. The van der Waals surface area contributed by atoms with Crippen LogP contribution >= 0.6 is 0 Å². The van der Waals surface area contributed by atoms with Crippen LogP contribution in [-0.2, 0) is 6.42 Å². The molecule has 0 bridgehead atoms. The summed E-state index contributed by atoms with van der Waals surface area (Å²) in [4.78, 5) is 4.63. The maximum atomic E-state index is 4.63. The van der Waals surface area contributed by atoms with Crippen molar-refractivity contribution in [2.75, 3.05) is 7.05 Å². The number of hydrogen-bond acceptors (Lipinski definition) is 2. The molecule has 2 nitrogen and oxygen atoms in total. The Balaban J connectivity index is 2.12. The number of aromatic nitrogens is 1. The van der Waals surface area contributed by atoms with Crippen LogP contribution in [0.25, 0.3) is 0 Å². The van der Waals surface area contributed by atoms with Gasteiger partial charge in [0.05, 0.1) is 0 Å². The van der Waals surface area contributed by atoms with E-state index in [2.05, 4.69) is 36.3 Å². The summed E-state index contributed by atoms with van der Waals surface area (Å²) in [5.41, 5.74) is 2.85. The van der Waals surface area contributed by atoms with E-state index in [0.29, 0.717) is 17.9 Å². The van der Waals surface area contributed by atoms with E-state index in [1.807, 2.05) is 13.2 Å². The molecule has 2 heteroatoms. The van der Waals surface area contributed by atoms with Crippen LogP contribution in [0.3, 0.4) is 0 Å². The molecule has 0 saturated heterocycles. The van der Waals surface area contributed by atoms with Crippen LogP contribution in [0.1, 0.15) is 50.3 Å². The maximum Gasteiger partial charge on any atom is 0.0469 e. The van der Waals surface area contributed by atoms with Gasteiger partial charge in [0.25, 0.3) is 0 Å². The zero-order valence-corrected chi connectivity index (χ0v) is 11.2. The Bertz CT molecular complexity index is 362. The van der Waals surface area contributed by atoms with Gasteiger partial charge < -0.3 is 5.32 Å². The van der Waals surface area contributed by atoms with Gasteiger partial charge in [-0.15, -0.1) is 0 Å². The average Bonchev–Trinajstić information content (AvgIpc) is 2.37. The Morgan fingerprint density at radius 3 is 3.06 bits per heavy atom. The van der Waals surface area contributed by atoms with Gasteiger partial charge in [0.15, 0.2) is 0 Å². The summed E-state index contributed by atoms with van der Waals surface area (Å²) in [5, 5.41) is 3.34. The van der Waals surface area contributed by atoms with E-state index in [1.165, 1.54) is 36.9 Å². The molecule has 0 radical (unpaired) electrons. The minimum atomic E-state index is 0.596. The minimum absolute atomic E-state index is 0.596. The number of rotatable bonds is 4. The summed E-state index contributed by atoms with van der Waals surface area (Å²) in [5.74, 6) is 1.38. The van der Waals surface area contributed by atoms with Gasteiger partial charge in [-0.25, -0.2) is 0 Å². The third kappa shape index (κ3) is 2.86. The average molecular weight is 232 g/mol. The van der Waals surface area contributed by atoms with Gasteiger partial charge in [-0.2, -0.15) is 0 Å². The Hall–Kier alpha value is -0.890. The van der Waals surface area contributed by atoms with Gasteiger partial charge >= 0.3 is 0 Å². The molecule has 0 aromatic carbocycles. The van der Waals surface area contributed by atoms with Crippen LogP contribution in [0, 0.1) is 5.92 Å². The molecular formula is C15H24N2. The SMILES string of the molecule is CNC(C)CC(C)C1CCCc2cccnc21. The minimum Gasteiger partial charge on any atom is -0.317 e. The number of pyridine rings is 1. The number of fused-ring (bicyclic) bond motifs is 1. The van der Waals surface area contributed by atoms with Crippen molar-refractivity contribution in [2.24, 2.45) is 5.92 Å². The molecule has 17 heavy (non-hydrogen) atoms. The third-order valence-corrected chi connectivity index (χ3v) is 4.14. The number of aryl methyl sites for hydroxylation is 1. The lowest BCUT2D eigenvalue weighted by molar-refractivity contribution is 0.343. The summed E-state index contributed by atoms with van der Waals surface area (Å²) in [6.45, 7) is 4.64. The van der Waals surface area contributed by atoms with Crippen molar-refractivity contribution in [1.82, 2.24) is 10.3 Å². The van der Waals surface area contributed by atoms with E-state index >= 15 is 0 Å². The standard InChI is InChI=1S/C15H24N2/c1-11(10-12(2)16-3)14-8-4-6-13-7-5-9-17-15(13)14/h5,7,9,11-12,14,16H,4,6,8,10H2,1-3H3. The van der Waals surface area contributed by atoms with Gasteiger partial charge in [0, 0.05) is 23.9 Å². The van der Waals surface area contributed by atoms with Crippen LogP contribution in [0.2, 0.25) is 0 Å². The second kappa shape index (κ2) is 5.63. The van der Waals surface area contributed by atoms with Gasteiger partial charge in [-0.05, 0) is 57.2 Å². The quantitative estimate of drug-likeness (QED) is 0.862. The highest BCUT2D eigenvalue weighted by Gasteiger charge is 2.26. The fourth-order valence-corrected chi connectivity index (χ4v) is 3.04. The first-order chi connectivity index (χ1) is 8.22. The summed E-state index contributed by atoms with van der Waals surface area (Å²) in [6, 6.07) is 4.92. The molecule has 1 aromatic heterocycles. The van der Waals surface area contributed by atoms with Gasteiger partial charge in [0.2, 0.25) is 0 Å². The monoisotopic (exact) mass is 232 g/mol. The molecule has 0 amide bonds. The van der Waals surface area contributed by atoms with E-state index in [1.54, 1.807) is 0 Å². The molecule has 1 heterocycles. The van der Waals surface area contributed by atoms with Crippen molar-refractivity contribution in [1.29, 1.82) is 0 Å². The van der Waals surface area contributed by atoms with E-state index in [4.69, 9.17) is 0 Å². The van der Waals surface area contributed by atoms with Gasteiger partial charge in [-0.3, -0.25) is 4.98 Å². The highest BCUT2D eigenvalue weighted by Crippen LogP contribution is 2.37. The van der Waals surface area contributed by atoms with Crippen LogP contribution < -0.4 is 5.32 Å². The zero-order valence-electron chi connectivity index (χ0n) is 11.2. The number of nitrogens with one attached hydrogen (secondary N) is 1. The predicted octanol–water partition coefficient (Wildman–Crippen LogP) is 3.14. The summed E-state index contributed by atoms with van der Waals surface area (Å²) < 4.78 is 0. The highest BCUT2D eigenvalue weighted by atomic mass is 14.9. The lowest BCUT2D eigenvalue weighted by Crippen LogP contribution is -2.27. The largest absolute Gasteiger partial charge is 0.317 e. The Labute approximate surface area is 105 Å². The molecule has 1 aliphatic rings. The van der Waals surface area contributed by atoms with Crippen molar-refractivity contribution in [3.05, 3.63) is 29.6 Å². The number of hydrogen-bond donors (Lipinski definition) is 1. The first-order valence-electron chi connectivity index (χ1n) is 6.83. The smallest absolute Gasteiger partial charge is 0.0469 e. The van der Waals surface area contributed by atoms with Crippen molar-refractivity contribution in [3.8, 4) is 0 Å². The molecule has 1 N–H and O–H groups in total. The molecule has 3 unspecified atom stereocenters. The van der Waals surface area contributed by atoms with Crippen molar-refractivity contribution in [3.63, 3.8) is 0 Å². The number of nitrogens with zero attached hydrogens (tertiary/aromatic N) is 1. The maximum absolute atomic E-state index is 4.63. The van der Waals surface area contributed by atoms with Crippen molar-refractivity contribution >= 4 is 0 Å². The third-order valence-electron chi connectivity index (χ3n) is 4.14. The Morgan fingerprint density at radius 2 is 2.29 bits per heavy atom. The Morgan fingerprint density at radius 1 is 1.47 bits per heavy atom. The molecule has 1 aromatic rings. The van der Waals surface area contributed by atoms with Crippen LogP contribution in [-0.4, -0.2) is 18.1 Å². The molecular weight excluding hydrogens is 208 g/mol. The van der Waals surface area contributed by atoms with E-state index in [9.17, 15) is 0 Å². The summed E-state index contributed by atoms with van der Waals surface area (Å²) in [7, 11) is 2.05. The molecule has 2 rings (SSSR count). The zero-order chi connectivity index (χ0) is 12.3. The molecule has 3 atom stereocenters. The summed E-state index contributed by atoms with van der Waals surface area (Å²) >= 11 is 0. The lowest BCUT2D eigenvalue weighted by Gasteiger charge is -2.30. The fourth-order valence-electron chi connectivity index (χ4n) is 3.04. The van der Waals surface area contributed by atoms with Gasteiger partial charge in [0.1, 0.15) is 0 Å². The second-order valence-electron chi connectivity index (χ2n) is 5.45. The van der Waals surface area contributed by atoms with E-state index < -0.39 is 0 Å². The molecule has 94 valence electrons. The molecule has 0 fully saturated rings. The molecule has 1 aliphatic carbocycles. The van der Waals surface area contributed by atoms with Crippen LogP contribution in [0.4, 0.5) is 0 Å². The molecule has 0 spiro atoms. The first kappa shape index (κ1) is 12.6. The van der Waals surface area contributed by atoms with E-state index in [-0.39, 0.29) is 0 Å². The normalized spacial score (nSPS) is 22.9. The van der Waals surface area contributed by atoms with Crippen molar-refractivity contribution < 1.29 is 0 Å². The topological polar surface area (TPSA) is 24.9 Å². The van der Waals surface area contributed by atoms with Gasteiger partial charge in [-0.1, -0.05) is 13.0 Å². The molecule has 0 saturated carbocycles. The predicted molar refractivity (Wildman–Crippen MR) is 72.2 cm³/mol. The fraction of sp³-hybridized carbons (Fsp3) is 0.667. The van der Waals surface area contributed by atoms with Crippen molar-refractivity contribution in [2.45, 2.75) is 51.5 Å². The Kier molecular flexibility index (Phi) is 4.16.